The molecular formula is C39H30BrN3O3. The molecule has 0 aliphatic carbocycles. The Kier molecular flexibility index (Phi) is 7.84. The number of aromatic nitrogens is 2. The van der Waals surface area contributed by atoms with Crippen molar-refractivity contribution < 1.29 is 14.3 Å². The lowest BCUT2D eigenvalue weighted by Gasteiger charge is -2.38. The smallest absolute Gasteiger partial charge is 0.267 e. The van der Waals surface area contributed by atoms with E-state index < -0.39 is 6.23 Å². The highest BCUT2D eigenvalue weighted by molar-refractivity contribution is 9.10. The number of anilines is 1. The predicted molar refractivity (Wildman–Crippen MR) is 186 cm³/mol. The number of rotatable bonds is 6. The lowest BCUT2D eigenvalue weighted by molar-refractivity contribution is -0.116. The summed E-state index contributed by atoms with van der Waals surface area (Å²) in [6.07, 6.45) is -0.768. The van der Waals surface area contributed by atoms with Gasteiger partial charge >= 0.3 is 0 Å². The summed E-state index contributed by atoms with van der Waals surface area (Å²) in [5.41, 5.74) is 8.15. The van der Waals surface area contributed by atoms with Gasteiger partial charge in [0.25, 0.3) is 5.91 Å². The van der Waals surface area contributed by atoms with E-state index in [9.17, 15) is 0 Å². The van der Waals surface area contributed by atoms with Gasteiger partial charge in [-0.25, -0.2) is 9.97 Å². The number of fused-ring (bicyclic) bond motifs is 1. The highest BCUT2D eigenvalue weighted by atomic mass is 79.9. The summed E-state index contributed by atoms with van der Waals surface area (Å²) < 4.78 is 13.3. The average Bonchev–Trinajstić information content (AvgIpc) is 3.09. The Hall–Kier alpha value is -5.27. The van der Waals surface area contributed by atoms with Crippen molar-refractivity contribution in [3.63, 3.8) is 0 Å². The zero-order valence-electron chi connectivity index (χ0n) is 25.6. The average molecular weight is 669 g/mol. The normalized spacial score (nSPS) is 14.8. The minimum atomic E-state index is -0.768. The van der Waals surface area contributed by atoms with Crippen molar-refractivity contribution in [1.29, 1.82) is 0 Å². The van der Waals surface area contributed by atoms with Crippen LogP contribution in [0.3, 0.4) is 0 Å². The van der Waals surface area contributed by atoms with E-state index in [0.29, 0.717) is 39.7 Å². The minimum absolute atomic E-state index is 0.247. The predicted octanol–water partition coefficient (Wildman–Crippen LogP) is 9.32. The van der Waals surface area contributed by atoms with Gasteiger partial charge in [0.1, 0.15) is 22.8 Å². The molecule has 0 spiro atoms. The molecule has 6 aromatic rings. The topological polar surface area (TPSA) is 64.5 Å². The SMILES string of the molecule is COc1ccc(C2OC(c3ccc(C)cc3)=C(c3nc4ccccc4nc3-c3ccc(C)cc3)C(=O)N2c2ccc(Br)cc2)cc1. The van der Waals surface area contributed by atoms with Crippen LogP contribution in [0.2, 0.25) is 0 Å². The molecule has 0 bridgehead atoms. The molecular weight excluding hydrogens is 638 g/mol. The number of ether oxygens (including phenoxy) is 2. The van der Waals surface area contributed by atoms with Crippen LogP contribution in [0.15, 0.2) is 126 Å². The lowest BCUT2D eigenvalue weighted by Crippen LogP contribution is -2.41. The summed E-state index contributed by atoms with van der Waals surface area (Å²) in [7, 11) is 1.63. The van der Waals surface area contributed by atoms with Gasteiger partial charge in [0.15, 0.2) is 0 Å². The first-order valence-corrected chi connectivity index (χ1v) is 15.7. The van der Waals surface area contributed by atoms with Crippen molar-refractivity contribution in [2.24, 2.45) is 0 Å². The van der Waals surface area contributed by atoms with Crippen LogP contribution in [0.25, 0.3) is 33.6 Å². The fourth-order valence-corrected chi connectivity index (χ4v) is 5.86. The number of amides is 1. The maximum absolute atomic E-state index is 15.2. The zero-order valence-corrected chi connectivity index (χ0v) is 27.2. The van der Waals surface area contributed by atoms with Crippen LogP contribution in [0.5, 0.6) is 5.75 Å². The first-order chi connectivity index (χ1) is 22.4. The number of aryl methyl sites for hydroxylation is 2. The number of nitrogens with zero attached hydrogens (tertiary/aromatic N) is 3. The highest BCUT2D eigenvalue weighted by Crippen LogP contribution is 2.45. The highest BCUT2D eigenvalue weighted by Gasteiger charge is 2.41. The Labute approximate surface area is 276 Å². The van der Waals surface area contributed by atoms with E-state index in [1.807, 2.05) is 135 Å². The Morgan fingerprint density at radius 1 is 0.696 bits per heavy atom. The first kappa shape index (κ1) is 29.4. The second-order valence-corrected chi connectivity index (χ2v) is 12.2. The van der Waals surface area contributed by atoms with Gasteiger partial charge in [-0.15, -0.1) is 0 Å². The maximum Gasteiger partial charge on any atom is 0.267 e. The molecule has 2 heterocycles. The molecule has 7 rings (SSSR count). The molecule has 7 heteroatoms. The molecule has 1 atom stereocenters. The maximum atomic E-state index is 15.2. The Balaban J connectivity index is 1.53. The standard InChI is InChI=1S/C39H30BrN3O3/c1-24-8-12-26(13-9-24)35-36(42-33-7-5-4-6-32(33)41-35)34-37(27-14-10-25(2)11-15-27)46-39(28-16-22-31(45-3)23-17-28)43(38(34)44)30-20-18-29(40)19-21-30/h4-23,39H,1-3H3. The zero-order chi connectivity index (χ0) is 31.8. The second kappa shape index (κ2) is 12.3. The second-order valence-electron chi connectivity index (χ2n) is 11.2. The van der Waals surface area contributed by atoms with Crippen molar-refractivity contribution in [3.8, 4) is 17.0 Å². The molecule has 1 amide bonds. The van der Waals surface area contributed by atoms with Gasteiger partial charge in [0.2, 0.25) is 6.23 Å². The third-order valence-electron chi connectivity index (χ3n) is 8.08. The van der Waals surface area contributed by atoms with Gasteiger partial charge in [-0.05, 0) is 74.5 Å². The number of para-hydroxylation sites is 2. The van der Waals surface area contributed by atoms with Crippen molar-refractivity contribution in [3.05, 3.63) is 154 Å². The van der Waals surface area contributed by atoms with Crippen LogP contribution in [-0.2, 0) is 9.53 Å². The molecule has 1 aliphatic heterocycles. The number of benzene rings is 5. The Bertz CT molecular complexity index is 2090. The van der Waals surface area contributed by atoms with Gasteiger partial charge in [0.05, 0.1) is 23.8 Å². The van der Waals surface area contributed by atoms with Crippen molar-refractivity contribution in [1.82, 2.24) is 9.97 Å². The quantitative estimate of drug-likeness (QED) is 0.177. The number of carbonyl (C=O) groups excluding carboxylic acids is 1. The molecule has 1 aliphatic rings. The molecule has 0 saturated heterocycles. The molecule has 0 radical (unpaired) electrons. The van der Waals surface area contributed by atoms with Crippen LogP contribution < -0.4 is 9.64 Å². The molecule has 1 unspecified atom stereocenters. The number of hydrogen-bond donors (Lipinski definition) is 0. The van der Waals surface area contributed by atoms with E-state index in [0.717, 1.165) is 37.8 Å². The lowest BCUT2D eigenvalue weighted by atomic mass is 9.95. The van der Waals surface area contributed by atoms with Crippen LogP contribution in [0.4, 0.5) is 5.69 Å². The van der Waals surface area contributed by atoms with E-state index in [1.54, 1.807) is 12.0 Å². The fourth-order valence-electron chi connectivity index (χ4n) is 5.60. The molecule has 0 fully saturated rings. The van der Waals surface area contributed by atoms with E-state index in [2.05, 4.69) is 15.9 Å². The van der Waals surface area contributed by atoms with E-state index >= 15 is 4.79 Å². The van der Waals surface area contributed by atoms with Gasteiger partial charge in [0, 0.05) is 26.9 Å². The molecule has 1 aromatic heterocycles. The third kappa shape index (κ3) is 5.54. The number of carbonyl (C=O) groups is 1. The first-order valence-electron chi connectivity index (χ1n) is 14.9. The molecule has 0 N–H and O–H groups in total. The molecule has 6 nitrogen and oxygen atoms in total. The largest absolute Gasteiger partial charge is 0.497 e. The monoisotopic (exact) mass is 667 g/mol. The van der Waals surface area contributed by atoms with Crippen LogP contribution in [-0.4, -0.2) is 23.0 Å². The number of methoxy groups -OCH3 is 1. The van der Waals surface area contributed by atoms with Gasteiger partial charge in [-0.3, -0.25) is 9.69 Å². The number of halogens is 1. The summed E-state index contributed by atoms with van der Waals surface area (Å²) in [6, 6.07) is 39.1. The van der Waals surface area contributed by atoms with Gasteiger partial charge in [-0.1, -0.05) is 87.7 Å². The Morgan fingerprint density at radius 2 is 1.26 bits per heavy atom. The minimum Gasteiger partial charge on any atom is -0.497 e. The summed E-state index contributed by atoms with van der Waals surface area (Å²) in [4.78, 5) is 27.1. The molecule has 5 aromatic carbocycles. The van der Waals surface area contributed by atoms with Gasteiger partial charge < -0.3 is 9.47 Å². The van der Waals surface area contributed by atoms with Crippen molar-refractivity contribution in [2.45, 2.75) is 20.1 Å². The molecule has 0 saturated carbocycles. The number of hydrogen-bond acceptors (Lipinski definition) is 5. The summed E-state index contributed by atoms with van der Waals surface area (Å²) >= 11 is 3.54. The third-order valence-corrected chi connectivity index (χ3v) is 8.60. The van der Waals surface area contributed by atoms with Crippen LogP contribution in [0.1, 0.15) is 34.2 Å². The summed E-state index contributed by atoms with van der Waals surface area (Å²) in [5.74, 6) is 0.908. The van der Waals surface area contributed by atoms with Crippen LogP contribution in [0, 0.1) is 13.8 Å². The van der Waals surface area contributed by atoms with Crippen molar-refractivity contribution >= 4 is 49.9 Å². The van der Waals surface area contributed by atoms with E-state index in [4.69, 9.17) is 19.4 Å². The molecule has 226 valence electrons. The molecule has 46 heavy (non-hydrogen) atoms. The van der Waals surface area contributed by atoms with E-state index in [-0.39, 0.29) is 5.91 Å². The Morgan fingerprint density at radius 3 is 1.85 bits per heavy atom. The summed E-state index contributed by atoms with van der Waals surface area (Å²) in [6.45, 7) is 4.08. The van der Waals surface area contributed by atoms with Crippen LogP contribution >= 0.6 is 15.9 Å². The van der Waals surface area contributed by atoms with Gasteiger partial charge in [-0.2, -0.15) is 0 Å². The van der Waals surface area contributed by atoms with E-state index in [1.165, 1.54) is 0 Å². The summed E-state index contributed by atoms with van der Waals surface area (Å²) in [5, 5.41) is 0. The van der Waals surface area contributed by atoms with Crippen molar-refractivity contribution in [2.75, 3.05) is 12.0 Å². The fraction of sp³-hybridized carbons (Fsp3) is 0.103.